The smallest absolute Gasteiger partial charge is 0.422 e. The number of methoxy groups -OCH3 is 1. The molecule has 0 unspecified atom stereocenters. The van der Waals surface area contributed by atoms with Gasteiger partial charge in [0.1, 0.15) is 11.6 Å². The highest BCUT2D eigenvalue weighted by Gasteiger charge is 2.36. The predicted molar refractivity (Wildman–Crippen MR) is 59.0 cm³/mol. The lowest BCUT2D eigenvalue weighted by molar-refractivity contribution is -0.161. The molecule has 0 rings (SSSR count). The Balaban J connectivity index is 4.43. The molecule has 0 aromatic heterocycles. The fourth-order valence-electron chi connectivity index (χ4n) is 1.02. The number of ether oxygens (including phenoxy) is 2. The molecule has 0 aromatic rings. The van der Waals surface area contributed by atoms with Crippen LogP contribution >= 0.6 is 0 Å². The molecule has 2 N–H and O–H groups in total. The summed E-state index contributed by atoms with van der Waals surface area (Å²) in [6.45, 7) is 4.75. The molecule has 0 heterocycles. The zero-order chi connectivity index (χ0) is 15.3. The van der Waals surface area contributed by atoms with Crippen molar-refractivity contribution >= 4 is 12.1 Å². The zero-order valence-electron chi connectivity index (χ0n) is 11.1. The third-order valence-corrected chi connectivity index (χ3v) is 1.67. The quantitative estimate of drug-likeness (QED) is 0.605. The molecule has 0 radical (unpaired) electrons. The van der Waals surface area contributed by atoms with Crippen LogP contribution < -0.4 is 10.9 Å². The van der Waals surface area contributed by atoms with E-state index in [0.717, 1.165) is 7.11 Å². The molecule has 6 nitrogen and oxygen atoms in total. The van der Waals surface area contributed by atoms with Crippen LogP contribution in [0.5, 0.6) is 0 Å². The van der Waals surface area contributed by atoms with Crippen LogP contribution in [0, 0.1) is 0 Å². The number of alkyl halides is 3. The van der Waals surface area contributed by atoms with Crippen molar-refractivity contribution in [2.45, 2.75) is 45.0 Å². The van der Waals surface area contributed by atoms with Crippen LogP contribution in [0.4, 0.5) is 18.0 Å². The number of hydrazine groups is 1. The van der Waals surface area contributed by atoms with Crippen LogP contribution in [0.25, 0.3) is 0 Å². The molecule has 112 valence electrons. The van der Waals surface area contributed by atoms with Gasteiger partial charge in [-0.1, -0.05) is 0 Å². The first-order valence-electron chi connectivity index (χ1n) is 5.33. The molecule has 0 aliphatic carbocycles. The van der Waals surface area contributed by atoms with Crippen LogP contribution in [-0.4, -0.2) is 37.0 Å². The maximum absolute atomic E-state index is 12.2. The zero-order valence-corrected chi connectivity index (χ0v) is 11.1. The summed E-state index contributed by atoms with van der Waals surface area (Å²) in [5, 5.41) is 0. The van der Waals surface area contributed by atoms with Gasteiger partial charge in [-0.05, 0) is 20.8 Å². The molecule has 1 atom stereocenters. The van der Waals surface area contributed by atoms with Crippen LogP contribution in [0.2, 0.25) is 0 Å². The number of halogens is 3. The summed E-state index contributed by atoms with van der Waals surface area (Å²) in [6.07, 6.45) is -7.06. The van der Waals surface area contributed by atoms with Gasteiger partial charge in [-0.2, -0.15) is 13.2 Å². The van der Waals surface area contributed by atoms with Crippen molar-refractivity contribution in [1.29, 1.82) is 0 Å². The van der Waals surface area contributed by atoms with E-state index in [-0.39, 0.29) is 0 Å². The van der Waals surface area contributed by atoms with Gasteiger partial charge in [0.25, 0.3) is 0 Å². The standard InChI is InChI=1S/C10H17F3N2O4/c1-9(2,3)19-8(17)15-14-6(7(16)18-4)5-10(11,12)13/h6,14H,5H2,1-4H3,(H,15,17)/t6-/m1/s1. The number of carbonyl (C=O) groups is 2. The Hall–Kier alpha value is -1.51. The van der Waals surface area contributed by atoms with Gasteiger partial charge in [0.15, 0.2) is 0 Å². The number of nitrogens with one attached hydrogen (secondary N) is 2. The minimum absolute atomic E-state index is 0.809. The van der Waals surface area contributed by atoms with Crippen LogP contribution in [0.15, 0.2) is 0 Å². The fraction of sp³-hybridized carbons (Fsp3) is 0.800. The molecule has 0 fully saturated rings. The maximum Gasteiger partial charge on any atom is 0.422 e. The van der Waals surface area contributed by atoms with Gasteiger partial charge in [-0.25, -0.2) is 10.2 Å². The topological polar surface area (TPSA) is 76.7 Å². The summed E-state index contributed by atoms with van der Waals surface area (Å²) in [4.78, 5) is 22.3. The average molecular weight is 286 g/mol. The Labute approximate surface area is 108 Å². The van der Waals surface area contributed by atoms with Crippen molar-refractivity contribution in [3.63, 3.8) is 0 Å². The Kier molecular flexibility index (Phi) is 6.07. The van der Waals surface area contributed by atoms with Crippen LogP contribution in [0.1, 0.15) is 27.2 Å². The van der Waals surface area contributed by atoms with Crippen LogP contribution in [0.3, 0.4) is 0 Å². The SMILES string of the molecule is COC(=O)[C@@H](CC(F)(F)F)NNC(=O)OC(C)(C)C. The van der Waals surface area contributed by atoms with E-state index in [9.17, 15) is 22.8 Å². The molecule has 0 saturated heterocycles. The summed E-state index contributed by atoms with van der Waals surface area (Å²) in [5.74, 6) is -1.15. The van der Waals surface area contributed by atoms with E-state index in [1.165, 1.54) is 0 Å². The highest BCUT2D eigenvalue weighted by molar-refractivity contribution is 5.76. The molecule has 19 heavy (non-hydrogen) atoms. The number of carbonyl (C=O) groups excluding carboxylic acids is 2. The summed E-state index contributed by atoms with van der Waals surface area (Å²) < 4.78 is 45.6. The number of amides is 1. The normalized spacial score (nSPS) is 13.6. The van der Waals surface area contributed by atoms with Crippen molar-refractivity contribution in [2.24, 2.45) is 0 Å². The van der Waals surface area contributed by atoms with E-state index < -0.39 is 36.3 Å². The molecule has 0 spiro atoms. The van der Waals surface area contributed by atoms with Crippen molar-refractivity contribution in [1.82, 2.24) is 10.9 Å². The molecule has 0 aromatic carbocycles. The van der Waals surface area contributed by atoms with Gasteiger partial charge in [0.05, 0.1) is 13.5 Å². The van der Waals surface area contributed by atoms with Gasteiger partial charge in [-0.3, -0.25) is 10.2 Å². The molecular formula is C10H17F3N2O4. The Morgan fingerprint density at radius 3 is 2.11 bits per heavy atom. The second-order valence-electron chi connectivity index (χ2n) is 4.67. The lowest BCUT2D eigenvalue weighted by atomic mass is 10.2. The highest BCUT2D eigenvalue weighted by Crippen LogP contribution is 2.21. The Morgan fingerprint density at radius 2 is 1.74 bits per heavy atom. The Bertz CT molecular complexity index is 326. The lowest BCUT2D eigenvalue weighted by Gasteiger charge is -2.22. The number of esters is 1. The number of hydrogen-bond donors (Lipinski definition) is 2. The first-order chi connectivity index (χ1) is 8.44. The molecule has 1 amide bonds. The van der Waals surface area contributed by atoms with E-state index >= 15 is 0 Å². The first kappa shape index (κ1) is 17.5. The average Bonchev–Trinajstić information content (AvgIpc) is 2.19. The van der Waals surface area contributed by atoms with Gasteiger partial charge >= 0.3 is 18.2 Å². The number of rotatable bonds is 4. The monoisotopic (exact) mass is 286 g/mol. The van der Waals surface area contributed by atoms with E-state index in [4.69, 9.17) is 4.74 Å². The molecule has 0 saturated carbocycles. The summed E-state index contributed by atoms with van der Waals surface area (Å²) in [6, 6.07) is -1.74. The van der Waals surface area contributed by atoms with Crippen molar-refractivity contribution < 1.29 is 32.2 Å². The van der Waals surface area contributed by atoms with Crippen LogP contribution in [-0.2, 0) is 14.3 Å². The van der Waals surface area contributed by atoms with Gasteiger partial charge in [0, 0.05) is 0 Å². The van der Waals surface area contributed by atoms with Crippen molar-refractivity contribution in [3.05, 3.63) is 0 Å². The first-order valence-corrected chi connectivity index (χ1v) is 5.33. The molecule has 0 aliphatic heterocycles. The number of hydrogen-bond acceptors (Lipinski definition) is 5. The van der Waals surface area contributed by atoms with Crippen molar-refractivity contribution in [3.8, 4) is 0 Å². The lowest BCUT2D eigenvalue weighted by Crippen LogP contribution is -2.51. The fourth-order valence-corrected chi connectivity index (χ4v) is 1.02. The third kappa shape index (κ3) is 9.11. The molecule has 9 heteroatoms. The second-order valence-corrected chi connectivity index (χ2v) is 4.67. The molecular weight excluding hydrogens is 269 g/mol. The van der Waals surface area contributed by atoms with Gasteiger partial charge in [0.2, 0.25) is 0 Å². The minimum Gasteiger partial charge on any atom is -0.468 e. The van der Waals surface area contributed by atoms with E-state index in [1.54, 1.807) is 20.8 Å². The minimum atomic E-state index is -4.58. The van der Waals surface area contributed by atoms with E-state index in [1.807, 2.05) is 10.9 Å². The van der Waals surface area contributed by atoms with Gasteiger partial charge in [-0.15, -0.1) is 0 Å². The predicted octanol–water partition coefficient (Wildman–Crippen LogP) is 1.51. The van der Waals surface area contributed by atoms with E-state index in [2.05, 4.69) is 4.74 Å². The summed E-state index contributed by atoms with van der Waals surface area (Å²) >= 11 is 0. The largest absolute Gasteiger partial charge is 0.468 e. The van der Waals surface area contributed by atoms with E-state index in [0.29, 0.717) is 0 Å². The molecule has 0 aliphatic rings. The second kappa shape index (κ2) is 6.60. The Morgan fingerprint density at radius 1 is 1.21 bits per heavy atom. The third-order valence-electron chi connectivity index (χ3n) is 1.67. The molecule has 0 bridgehead atoms. The van der Waals surface area contributed by atoms with Gasteiger partial charge < -0.3 is 9.47 Å². The summed E-state index contributed by atoms with van der Waals surface area (Å²) in [7, 11) is 0.945. The maximum atomic E-state index is 12.2. The highest BCUT2D eigenvalue weighted by atomic mass is 19.4. The summed E-state index contributed by atoms with van der Waals surface area (Å²) in [5.41, 5.74) is 2.99. The van der Waals surface area contributed by atoms with Crippen molar-refractivity contribution in [2.75, 3.05) is 7.11 Å².